The predicted octanol–water partition coefficient (Wildman–Crippen LogP) is 2.58. The van der Waals surface area contributed by atoms with E-state index < -0.39 is 10.0 Å². The fraction of sp³-hybridized carbons (Fsp3) is 0.500. The molecular weight excluding hydrogens is 347 g/mol. The quantitative estimate of drug-likeness (QED) is 0.761. The van der Waals surface area contributed by atoms with E-state index in [0.717, 1.165) is 25.7 Å². The molecule has 0 heterocycles. The third-order valence-electron chi connectivity index (χ3n) is 3.63. The van der Waals surface area contributed by atoms with Gasteiger partial charge in [0.15, 0.2) is 0 Å². The summed E-state index contributed by atoms with van der Waals surface area (Å²) in [4.78, 5) is 11.7. The average Bonchev–Trinajstić information content (AvgIpc) is 3.00. The molecule has 0 spiro atoms. The summed E-state index contributed by atoms with van der Waals surface area (Å²) in [6.45, 7) is 0.344. The molecule has 0 atom stereocenters. The van der Waals surface area contributed by atoms with Gasteiger partial charge in [-0.1, -0.05) is 36.0 Å². The Morgan fingerprint density at radius 2 is 1.86 bits per heavy atom. The van der Waals surface area contributed by atoms with E-state index >= 15 is 0 Å². The van der Waals surface area contributed by atoms with Crippen LogP contribution < -0.4 is 10.0 Å². The molecule has 0 radical (unpaired) electrons. The Bertz CT molecular complexity index is 643. The van der Waals surface area contributed by atoms with Crippen LogP contribution in [-0.2, 0) is 14.8 Å². The molecule has 8 heteroatoms. The van der Waals surface area contributed by atoms with Crippen molar-refractivity contribution >= 4 is 39.1 Å². The van der Waals surface area contributed by atoms with Crippen molar-refractivity contribution in [1.29, 1.82) is 0 Å². The number of benzene rings is 1. The Balaban J connectivity index is 1.85. The van der Waals surface area contributed by atoms with Crippen molar-refractivity contribution in [3.8, 4) is 0 Å². The third-order valence-corrected chi connectivity index (χ3v) is 5.80. The first-order valence-electron chi connectivity index (χ1n) is 7.12. The lowest BCUT2D eigenvalue weighted by molar-refractivity contribution is -0.124. The molecule has 5 nitrogen and oxygen atoms in total. The lowest BCUT2D eigenvalue weighted by Gasteiger charge is -2.12. The number of hydrogen-bond acceptors (Lipinski definition) is 3. The minimum Gasteiger partial charge on any atom is -0.355 e. The van der Waals surface area contributed by atoms with Gasteiger partial charge >= 0.3 is 0 Å². The van der Waals surface area contributed by atoms with E-state index in [0.29, 0.717) is 5.02 Å². The molecular formula is C14H18Cl2N2O3S. The minimum atomic E-state index is -3.75. The zero-order chi connectivity index (χ0) is 16.2. The van der Waals surface area contributed by atoms with E-state index in [4.69, 9.17) is 23.2 Å². The van der Waals surface area contributed by atoms with Gasteiger partial charge in [0.2, 0.25) is 15.9 Å². The topological polar surface area (TPSA) is 75.3 Å². The van der Waals surface area contributed by atoms with E-state index in [1.165, 1.54) is 18.2 Å². The second kappa shape index (κ2) is 7.64. The molecule has 1 aromatic carbocycles. The third kappa shape index (κ3) is 4.59. The number of amides is 1. The van der Waals surface area contributed by atoms with Crippen molar-refractivity contribution in [1.82, 2.24) is 10.0 Å². The molecule has 0 saturated heterocycles. The summed E-state index contributed by atoms with van der Waals surface area (Å²) in [5.74, 6) is 0.0662. The highest BCUT2D eigenvalue weighted by Gasteiger charge is 2.22. The van der Waals surface area contributed by atoms with Crippen LogP contribution in [0.1, 0.15) is 25.7 Å². The fourth-order valence-electron chi connectivity index (χ4n) is 2.46. The van der Waals surface area contributed by atoms with Gasteiger partial charge in [0, 0.05) is 24.0 Å². The van der Waals surface area contributed by atoms with Crippen molar-refractivity contribution in [2.24, 2.45) is 5.92 Å². The Morgan fingerprint density at radius 1 is 1.18 bits per heavy atom. The van der Waals surface area contributed by atoms with E-state index in [2.05, 4.69) is 10.0 Å². The summed E-state index contributed by atoms with van der Waals surface area (Å²) in [6, 6.07) is 4.24. The highest BCUT2D eigenvalue weighted by atomic mass is 35.5. The predicted molar refractivity (Wildman–Crippen MR) is 86.6 cm³/mol. The molecule has 22 heavy (non-hydrogen) atoms. The normalized spacial score (nSPS) is 15.9. The number of hydrogen-bond donors (Lipinski definition) is 2. The van der Waals surface area contributed by atoms with Gasteiger partial charge < -0.3 is 5.32 Å². The first-order chi connectivity index (χ1) is 10.4. The molecule has 0 aromatic heterocycles. The van der Waals surface area contributed by atoms with Gasteiger partial charge in [0.1, 0.15) is 4.90 Å². The maximum absolute atomic E-state index is 12.1. The van der Waals surface area contributed by atoms with Crippen LogP contribution in [0.15, 0.2) is 23.1 Å². The lowest BCUT2D eigenvalue weighted by Crippen LogP contribution is -2.37. The molecule has 1 saturated carbocycles. The largest absolute Gasteiger partial charge is 0.355 e. The highest BCUT2D eigenvalue weighted by Crippen LogP contribution is 2.25. The number of halogens is 2. The van der Waals surface area contributed by atoms with Crippen molar-refractivity contribution in [3.05, 3.63) is 28.2 Å². The van der Waals surface area contributed by atoms with Gasteiger partial charge in [0.25, 0.3) is 0 Å². The monoisotopic (exact) mass is 364 g/mol. The molecule has 2 rings (SSSR count). The molecule has 0 unspecified atom stereocenters. The van der Waals surface area contributed by atoms with Gasteiger partial charge in [-0.25, -0.2) is 13.1 Å². The van der Waals surface area contributed by atoms with Gasteiger partial charge in [-0.3, -0.25) is 4.79 Å². The van der Waals surface area contributed by atoms with Gasteiger partial charge in [-0.2, -0.15) is 0 Å². The molecule has 1 aromatic rings. The zero-order valence-corrected chi connectivity index (χ0v) is 14.3. The number of nitrogens with one attached hydrogen (secondary N) is 2. The van der Waals surface area contributed by atoms with Crippen LogP contribution in [0.3, 0.4) is 0 Å². The lowest BCUT2D eigenvalue weighted by atomic mass is 10.1. The molecule has 1 fully saturated rings. The number of sulfonamides is 1. The summed E-state index contributed by atoms with van der Waals surface area (Å²) in [5, 5.41) is 3.14. The molecule has 2 N–H and O–H groups in total. The summed E-state index contributed by atoms with van der Waals surface area (Å²) < 4.78 is 26.7. The van der Waals surface area contributed by atoms with E-state index in [1.54, 1.807) is 0 Å². The van der Waals surface area contributed by atoms with Crippen molar-refractivity contribution in [3.63, 3.8) is 0 Å². The smallest absolute Gasteiger partial charge is 0.242 e. The fourth-order valence-corrected chi connectivity index (χ4v) is 4.26. The first kappa shape index (κ1) is 17.5. The summed E-state index contributed by atoms with van der Waals surface area (Å²) in [7, 11) is -3.75. The standard InChI is InChI=1S/C14H18Cl2N2O3S/c15-11-5-6-12(16)13(9-11)22(20,21)18-8-7-17-14(19)10-3-1-2-4-10/h5-6,9-10,18H,1-4,7-8H2,(H,17,19). The maximum Gasteiger partial charge on any atom is 0.242 e. The first-order valence-corrected chi connectivity index (χ1v) is 9.36. The van der Waals surface area contributed by atoms with Crippen LogP contribution in [0.5, 0.6) is 0 Å². The zero-order valence-electron chi connectivity index (χ0n) is 11.9. The molecule has 1 aliphatic carbocycles. The molecule has 0 aliphatic heterocycles. The minimum absolute atomic E-state index is 0.00233. The van der Waals surface area contributed by atoms with Crippen molar-refractivity contribution in [2.45, 2.75) is 30.6 Å². The molecule has 122 valence electrons. The van der Waals surface area contributed by atoms with Crippen molar-refractivity contribution < 1.29 is 13.2 Å². The highest BCUT2D eigenvalue weighted by molar-refractivity contribution is 7.89. The Morgan fingerprint density at radius 3 is 2.55 bits per heavy atom. The van der Waals surface area contributed by atoms with E-state index in [9.17, 15) is 13.2 Å². The SMILES string of the molecule is O=C(NCCNS(=O)(=O)c1cc(Cl)ccc1Cl)C1CCCC1. The second-order valence-corrected chi connectivity index (χ2v) is 7.82. The van der Waals surface area contributed by atoms with Gasteiger partial charge in [-0.05, 0) is 31.0 Å². The van der Waals surface area contributed by atoms with Crippen LogP contribution in [0.4, 0.5) is 0 Å². The average molecular weight is 365 g/mol. The van der Waals surface area contributed by atoms with E-state index in [1.807, 2.05) is 0 Å². The van der Waals surface area contributed by atoms with Crippen LogP contribution in [-0.4, -0.2) is 27.4 Å². The number of carbonyl (C=O) groups excluding carboxylic acids is 1. The van der Waals surface area contributed by atoms with Crippen LogP contribution in [0.2, 0.25) is 10.0 Å². The molecule has 1 aliphatic rings. The summed E-state index contributed by atoms with van der Waals surface area (Å²) in [6.07, 6.45) is 3.99. The Labute approximate surface area is 140 Å². The van der Waals surface area contributed by atoms with Crippen molar-refractivity contribution in [2.75, 3.05) is 13.1 Å². The van der Waals surface area contributed by atoms with Gasteiger partial charge in [0.05, 0.1) is 5.02 Å². The summed E-state index contributed by atoms with van der Waals surface area (Å²) in [5.41, 5.74) is 0. The molecule has 0 bridgehead atoms. The Kier molecular flexibility index (Phi) is 6.09. The second-order valence-electron chi connectivity index (χ2n) is 5.24. The number of rotatable bonds is 6. The Hall–Kier alpha value is -0.820. The maximum atomic E-state index is 12.1. The van der Waals surface area contributed by atoms with Crippen LogP contribution in [0.25, 0.3) is 0 Å². The number of carbonyl (C=O) groups is 1. The van der Waals surface area contributed by atoms with E-state index in [-0.39, 0.29) is 34.8 Å². The van der Waals surface area contributed by atoms with Crippen LogP contribution >= 0.6 is 23.2 Å². The van der Waals surface area contributed by atoms with Crippen LogP contribution in [0, 0.1) is 5.92 Å². The van der Waals surface area contributed by atoms with Gasteiger partial charge in [-0.15, -0.1) is 0 Å². The molecule has 1 amide bonds. The summed E-state index contributed by atoms with van der Waals surface area (Å²) >= 11 is 11.7.